The van der Waals surface area contributed by atoms with Crippen LogP contribution < -0.4 is 5.32 Å². The summed E-state index contributed by atoms with van der Waals surface area (Å²) in [5, 5.41) is 3.86. The molecule has 2 N–H and O–H groups in total. The van der Waals surface area contributed by atoms with E-state index >= 15 is 0 Å². The summed E-state index contributed by atoms with van der Waals surface area (Å²) < 4.78 is 0. The van der Waals surface area contributed by atoms with Crippen LogP contribution in [0.5, 0.6) is 0 Å². The summed E-state index contributed by atoms with van der Waals surface area (Å²) in [7, 11) is 0. The Bertz CT molecular complexity index is 1100. The Kier molecular flexibility index (Phi) is 4.84. The van der Waals surface area contributed by atoms with Crippen molar-refractivity contribution in [3.05, 3.63) is 82.3 Å². The molecule has 4 aromatic rings. The first-order valence-electron chi connectivity index (χ1n) is 8.38. The third kappa shape index (κ3) is 3.82. The molecule has 0 saturated carbocycles. The zero-order valence-electron chi connectivity index (χ0n) is 14.2. The van der Waals surface area contributed by atoms with Gasteiger partial charge in [0.15, 0.2) is 0 Å². The lowest BCUT2D eigenvalue weighted by molar-refractivity contribution is -0.115. The molecular formula is C21H15Cl2N3O. The topological polar surface area (TPSA) is 57.8 Å². The fourth-order valence-corrected chi connectivity index (χ4v) is 3.23. The number of carbonyl (C=O) groups is 1. The molecule has 4 nitrogen and oxygen atoms in total. The van der Waals surface area contributed by atoms with Crippen molar-refractivity contribution in [1.29, 1.82) is 0 Å². The van der Waals surface area contributed by atoms with E-state index < -0.39 is 0 Å². The summed E-state index contributed by atoms with van der Waals surface area (Å²) >= 11 is 12.0. The number of hydrogen-bond donors (Lipinski definition) is 2. The van der Waals surface area contributed by atoms with Gasteiger partial charge in [-0.2, -0.15) is 0 Å². The van der Waals surface area contributed by atoms with Crippen LogP contribution in [0.2, 0.25) is 10.0 Å². The van der Waals surface area contributed by atoms with Crippen LogP contribution in [0, 0.1) is 0 Å². The van der Waals surface area contributed by atoms with Gasteiger partial charge in [-0.25, -0.2) is 4.98 Å². The predicted molar refractivity (Wildman–Crippen MR) is 110 cm³/mol. The van der Waals surface area contributed by atoms with Crippen molar-refractivity contribution >= 4 is 45.8 Å². The van der Waals surface area contributed by atoms with E-state index in [9.17, 15) is 4.79 Å². The highest BCUT2D eigenvalue weighted by atomic mass is 35.5. The number of rotatable bonds is 4. The second-order valence-corrected chi connectivity index (χ2v) is 6.94. The highest BCUT2D eigenvalue weighted by Crippen LogP contribution is 2.28. The molecule has 4 rings (SSSR count). The summed E-state index contributed by atoms with van der Waals surface area (Å²) in [6.45, 7) is 0. The van der Waals surface area contributed by atoms with Gasteiger partial charge in [-0.15, -0.1) is 0 Å². The lowest BCUT2D eigenvalue weighted by Crippen LogP contribution is -2.15. The van der Waals surface area contributed by atoms with Gasteiger partial charge in [-0.05, 0) is 42.0 Å². The van der Waals surface area contributed by atoms with Crippen molar-refractivity contribution in [2.24, 2.45) is 0 Å². The number of nitrogens with one attached hydrogen (secondary N) is 2. The van der Waals surface area contributed by atoms with Crippen LogP contribution in [0.15, 0.2) is 66.7 Å². The van der Waals surface area contributed by atoms with E-state index in [1.165, 1.54) is 0 Å². The molecule has 0 fully saturated rings. The van der Waals surface area contributed by atoms with Gasteiger partial charge in [0.1, 0.15) is 5.82 Å². The maximum Gasteiger partial charge on any atom is 0.228 e. The molecule has 0 spiro atoms. The molecule has 1 heterocycles. The van der Waals surface area contributed by atoms with Gasteiger partial charge in [0.2, 0.25) is 5.91 Å². The van der Waals surface area contributed by atoms with Gasteiger partial charge in [0.05, 0.1) is 33.2 Å². The molecule has 0 radical (unpaired) electrons. The van der Waals surface area contributed by atoms with Crippen molar-refractivity contribution < 1.29 is 4.79 Å². The monoisotopic (exact) mass is 395 g/mol. The predicted octanol–water partition coefficient (Wildman–Crippen LogP) is 5.72. The number of nitrogens with zero attached hydrogens (tertiary/aromatic N) is 1. The molecule has 134 valence electrons. The number of para-hydroxylation sites is 3. The Labute approximate surface area is 166 Å². The number of imidazole rings is 1. The maximum atomic E-state index is 12.5. The van der Waals surface area contributed by atoms with Gasteiger partial charge >= 0.3 is 0 Å². The van der Waals surface area contributed by atoms with E-state index in [4.69, 9.17) is 23.2 Å². The SMILES string of the molecule is O=C(Cc1ccc(Cl)c(Cl)c1)Nc1ccccc1-c1nc2ccccc2[nH]1. The van der Waals surface area contributed by atoms with Crippen LogP contribution in [-0.2, 0) is 11.2 Å². The largest absolute Gasteiger partial charge is 0.338 e. The summed E-state index contributed by atoms with van der Waals surface area (Å²) in [5.74, 6) is 0.568. The van der Waals surface area contributed by atoms with Crippen molar-refractivity contribution in [3.8, 4) is 11.4 Å². The summed E-state index contributed by atoms with van der Waals surface area (Å²) in [5.41, 5.74) is 4.15. The van der Waals surface area contributed by atoms with Crippen molar-refractivity contribution in [2.75, 3.05) is 5.32 Å². The van der Waals surface area contributed by atoms with Crippen LogP contribution in [0.25, 0.3) is 22.4 Å². The van der Waals surface area contributed by atoms with Crippen LogP contribution in [0.4, 0.5) is 5.69 Å². The number of aromatic amines is 1. The Balaban J connectivity index is 1.59. The molecule has 6 heteroatoms. The number of anilines is 1. The molecule has 3 aromatic carbocycles. The van der Waals surface area contributed by atoms with Crippen LogP contribution >= 0.6 is 23.2 Å². The van der Waals surface area contributed by atoms with E-state index in [0.717, 1.165) is 22.2 Å². The molecule has 27 heavy (non-hydrogen) atoms. The number of amides is 1. The minimum absolute atomic E-state index is 0.142. The fourth-order valence-electron chi connectivity index (χ4n) is 2.91. The summed E-state index contributed by atoms with van der Waals surface area (Å²) in [6.07, 6.45) is 0.200. The van der Waals surface area contributed by atoms with E-state index in [-0.39, 0.29) is 12.3 Å². The van der Waals surface area contributed by atoms with Gasteiger partial charge in [0.25, 0.3) is 0 Å². The van der Waals surface area contributed by atoms with Gasteiger partial charge in [0, 0.05) is 5.56 Å². The molecule has 0 aliphatic heterocycles. The number of aromatic nitrogens is 2. The second-order valence-electron chi connectivity index (χ2n) is 6.12. The molecular weight excluding hydrogens is 381 g/mol. The smallest absolute Gasteiger partial charge is 0.228 e. The zero-order chi connectivity index (χ0) is 18.8. The van der Waals surface area contributed by atoms with Gasteiger partial charge < -0.3 is 10.3 Å². The molecule has 0 aliphatic carbocycles. The van der Waals surface area contributed by atoms with E-state index in [1.54, 1.807) is 18.2 Å². The molecule has 0 unspecified atom stereocenters. The highest BCUT2D eigenvalue weighted by molar-refractivity contribution is 6.42. The minimum Gasteiger partial charge on any atom is -0.338 e. The molecule has 0 bridgehead atoms. The second kappa shape index (κ2) is 7.43. The quantitative estimate of drug-likeness (QED) is 0.464. The first-order chi connectivity index (χ1) is 13.1. The number of H-pyrrole nitrogens is 1. The first kappa shape index (κ1) is 17.6. The Morgan fingerprint density at radius 3 is 2.56 bits per heavy atom. The molecule has 0 saturated heterocycles. The fraction of sp³-hybridized carbons (Fsp3) is 0.0476. The van der Waals surface area contributed by atoms with Gasteiger partial charge in [-0.1, -0.05) is 53.5 Å². The van der Waals surface area contributed by atoms with Crippen LogP contribution in [-0.4, -0.2) is 15.9 Å². The molecule has 0 atom stereocenters. The molecule has 0 aliphatic rings. The number of fused-ring (bicyclic) bond motifs is 1. The average molecular weight is 396 g/mol. The number of hydrogen-bond acceptors (Lipinski definition) is 2. The van der Waals surface area contributed by atoms with Crippen LogP contribution in [0.1, 0.15) is 5.56 Å². The Hall–Kier alpha value is -2.82. The maximum absolute atomic E-state index is 12.5. The molecule has 1 aromatic heterocycles. The van der Waals surface area contributed by atoms with Crippen LogP contribution in [0.3, 0.4) is 0 Å². The van der Waals surface area contributed by atoms with E-state index in [0.29, 0.717) is 21.6 Å². The zero-order valence-corrected chi connectivity index (χ0v) is 15.7. The lowest BCUT2D eigenvalue weighted by atomic mass is 10.1. The van der Waals surface area contributed by atoms with Gasteiger partial charge in [-0.3, -0.25) is 4.79 Å². The van der Waals surface area contributed by atoms with Crippen molar-refractivity contribution in [3.63, 3.8) is 0 Å². The minimum atomic E-state index is -0.142. The number of benzene rings is 3. The summed E-state index contributed by atoms with van der Waals surface area (Å²) in [4.78, 5) is 20.4. The average Bonchev–Trinajstić information content (AvgIpc) is 3.09. The third-order valence-corrected chi connectivity index (χ3v) is 4.93. The highest BCUT2D eigenvalue weighted by Gasteiger charge is 2.12. The van der Waals surface area contributed by atoms with E-state index in [2.05, 4.69) is 15.3 Å². The van der Waals surface area contributed by atoms with E-state index in [1.807, 2.05) is 48.5 Å². The number of carbonyl (C=O) groups excluding carboxylic acids is 1. The summed E-state index contributed by atoms with van der Waals surface area (Å²) in [6, 6.07) is 20.6. The third-order valence-electron chi connectivity index (χ3n) is 4.19. The first-order valence-corrected chi connectivity index (χ1v) is 9.14. The number of halogens is 2. The Morgan fingerprint density at radius 1 is 0.963 bits per heavy atom. The molecule has 1 amide bonds. The Morgan fingerprint density at radius 2 is 1.74 bits per heavy atom. The standard InChI is InChI=1S/C21H15Cl2N3O/c22-15-10-9-13(11-16(15)23)12-20(27)24-17-6-2-1-5-14(17)21-25-18-7-3-4-8-19(18)26-21/h1-11H,12H2,(H,24,27)(H,25,26). The lowest BCUT2D eigenvalue weighted by Gasteiger charge is -2.10. The normalized spacial score (nSPS) is 10.9. The van der Waals surface area contributed by atoms with Crippen molar-refractivity contribution in [2.45, 2.75) is 6.42 Å². The van der Waals surface area contributed by atoms with Crippen molar-refractivity contribution in [1.82, 2.24) is 9.97 Å².